The van der Waals surface area contributed by atoms with Gasteiger partial charge < -0.3 is 5.32 Å². The van der Waals surface area contributed by atoms with Gasteiger partial charge in [-0.2, -0.15) is 5.10 Å². The van der Waals surface area contributed by atoms with E-state index in [-0.39, 0.29) is 5.91 Å². The van der Waals surface area contributed by atoms with Crippen molar-refractivity contribution < 1.29 is 4.79 Å². The predicted octanol–water partition coefficient (Wildman–Crippen LogP) is 2.97. The van der Waals surface area contributed by atoms with Gasteiger partial charge in [-0.15, -0.1) is 0 Å². The molecule has 0 saturated heterocycles. The number of nitrogens with zero attached hydrogens (tertiary/aromatic N) is 1. The molecule has 94 valence electrons. The molecule has 5 heteroatoms. The Bertz CT molecular complexity index is 577. The Kier molecular flexibility index (Phi) is 3.81. The third kappa shape index (κ3) is 2.98. The average Bonchev–Trinajstić information content (AvgIpc) is 2.61. The maximum absolute atomic E-state index is 11.9. The van der Waals surface area contributed by atoms with Gasteiger partial charge in [-0.3, -0.25) is 9.89 Å². The van der Waals surface area contributed by atoms with Gasteiger partial charge in [0.1, 0.15) is 0 Å². The van der Waals surface area contributed by atoms with Crippen LogP contribution in [-0.2, 0) is 11.2 Å². The number of halogens is 1. The van der Waals surface area contributed by atoms with Crippen molar-refractivity contribution in [2.45, 2.75) is 20.3 Å². The quantitative estimate of drug-likeness (QED) is 0.916. The second-order valence-electron chi connectivity index (χ2n) is 4.18. The molecular weight excluding hydrogens is 294 g/mol. The van der Waals surface area contributed by atoms with Gasteiger partial charge in [-0.05, 0) is 31.5 Å². The highest BCUT2D eigenvalue weighted by Crippen LogP contribution is 2.15. The van der Waals surface area contributed by atoms with Crippen molar-refractivity contribution in [1.82, 2.24) is 10.2 Å². The summed E-state index contributed by atoms with van der Waals surface area (Å²) in [7, 11) is 0. The molecule has 1 heterocycles. The van der Waals surface area contributed by atoms with Gasteiger partial charge in [0, 0.05) is 15.7 Å². The number of nitrogens with one attached hydrogen (secondary N) is 2. The van der Waals surface area contributed by atoms with Crippen LogP contribution in [0.1, 0.15) is 16.8 Å². The lowest BCUT2D eigenvalue weighted by atomic mass is 10.1. The van der Waals surface area contributed by atoms with Gasteiger partial charge >= 0.3 is 0 Å². The molecular formula is C13H14BrN3O. The second-order valence-corrected chi connectivity index (χ2v) is 5.09. The summed E-state index contributed by atoms with van der Waals surface area (Å²) in [6.07, 6.45) is 0.338. The van der Waals surface area contributed by atoms with Crippen molar-refractivity contribution in [3.8, 4) is 0 Å². The van der Waals surface area contributed by atoms with E-state index in [9.17, 15) is 4.79 Å². The van der Waals surface area contributed by atoms with E-state index < -0.39 is 0 Å². The fourth-order valence-corrected chi connectivity index (χ4v) is 2.06. The SMILES string of the molecule is Cc1[nH]nc(NC(=O)Cc2cccc(Br)c2)c1C. The van der Waals surface area contributed by atoms with Crippen LogP contribution in [0.3, 0.4) is 0 Å². The van der Waals surface area contributed by atoms with Crippen molar-refractivity contribution in [3.63, 3.8) is 0 Å². The fourth-order valence-electron chi connectivity index (χ4n) is 1.62. The summed E-state index contributed by atoms with van der Waals surface area (Å²) in [5.41, 5.74) is 2.90. The summed E-state index contributed by atoms with van der Waals surface area (Å²) < 4.78 is 0.972. The standard InChI is InChI=1S/C13H14BrN3O/c1-8-9(2)16-17-13(8)15-12(18)7-10-4-3-5-11(14)6-10/h3-6H,7H2,1-2H3,(H2,15,16,17,18). The van der Waals surface area contributed by atoms with Crippen LogP contribution in [0.5, 0.6) is 0 Å². The molecule has 0 fully saturated rings. The van der Waals surface area contributed by atoms with Gasteiger partial charge in [0.2, 0.25) is 5.91 Å². The topological polar surface area (TPSA) is 57.8 Å². The highest BCUT2D eigenvalue weighted by atomic mass is 79.9. The lowest BCUT2D eigenvalue weighted by Gasteiger charge is -2.04. The van der Waals surface area contributed by atoms with Crippen molar-refractivity contribution in [2.24, 2.45) is 0 Å². The average molecular weight is 308 g/mol. The molecule has 4 nitrogen and oxygen atoms in total. The number of aromatic nitrogens is 2. The molecule has 2 rings (SSSR count). The Morgan fingerprint density at radius 1 is 1.44 bits per heavy atom. The van der Waals surface area contributed by atoms with Gasteiger partial charge in [-0.1, -0.05) is 28.1 Å². The van der Waals surface area contributed by atoms with E-state index in [1.807, 2.05) is 38.1 Å². The zero-order valence-corrected chi connectivity index (χ0v) is 11.8. The molecule has 2 aromatic rings. The van der Waals surface area contributed by atoms with Gasteiger partial charge in [0.15, 0.2) is 5.82 Å². The number of anilines is 1. The summed E-state index contributed by atoms with van der Waals surface area (Å²) in [4.78, 5) is 11.9. The third-order valence-corrected chi connectivity index (χ3v) is 3.26. The normalized spacial score (nSPS) is 10.4. The van der Waals surface area contributed by atoms with E-state index in [1.165, 1.54) is 0 Å². The summed E-state index contributed by atoms with van der Waals surface area (Å²) in [5, 5.41) is 9.69. The molecule has 0 aliphatic carbocycles. The van der Waals surface area contributed by atoms with E-state index in [4.69, 9.17) is 0 Å². The molecule has 0 unspecified atom stereocenters. The monoisotopic (exact) mass is 307 g/mol. The number of carbonyl (C=O) groups excluding carboxylic acids is 1. The smallest absolute Gasteiger partial charge is 0.230 e. The first kappa shape index (κ1) is 12.8. The van der Waals surface area contributed by atoms with E-state index in [2.05, 4.69) is 31.4 Å². The molecule has 18 heavy (non-hydrogen) atoms. The van der Waals surface area contributed by atoms with Gasteiger partial charge in [0.05, 0.1) is 6.42 Å². The minimum absolute atomic E-state index is 0.0669. The molecule has 2 N–H and O–H groups in total. The van der Waals surface area contributed by atoms with E-state index >= 15 is 0 Å². The number of aromatic amines is 1. The lowest BCUT2D eigenvalue weighted by molar-refractivity contribution is -0.115. The van der Waals surface area contributed by atoms with Crippen LogP contribution in [0.15, 0.2) is 28.7 Å². The van der Waals surface area contributed by atoms with Crippen LogP contribution >= 0.6 is 15.9 Å². The largest absolute Gasteiger partial charge is 0.309 e. The molecule has 1 aromatic carbocycles. The maximum Gasteiger partial charge on any atom is 0.230 e. The molecule has 0 aliphatic rings. The zero-order chi connectivity index (χ0) is 13.1. The number of H-pyrrole nitrogens is 1. The fraction of sp³-hybridized carbons (Fsp3) is 0.231. The minimum atomic E-state index is -0.0669. The highest BCUT2D eigenvalue weighted by molar-refractivity contribution is 9.10. The van der Waals surface area contributed by atoms with Crippen LogP contribution in [0, 0.1) is 13.8 Å². The van der Waals surface area contributed by atoms with Crippen molar-refractivity contribution in [1.29, 1.82) is 0 Å². The number of carbonyl (C=O) groups is 1. The van der Waals surface area contributed by atoms with Crippen LogP contribution in [0.25, 0.3) is 0 Å². The van der Waals surface area contributed by atoms with E-state index in [1.54, 1.807) is 0 Å². The molecule has 0 atom stereocenters. The summed E-state index contributed by atoms with van der Waals surface area (Å²) in [5.74, 6) is 0.537. The first-order chi connectivity index (χ1) is 8.56. The molecule has 1 amide bonds. The number of benzene rings is 1. The van der Waals surface area contributed by atoms with Crippen LogP contribution in [0.2, 0.25) is 0 Å². The lowest BCUT2D eigenvalue weighted by Crippen LogP contribution is -2.15. The molecule has 0 radical (unpaired) electrons. The summed E-state index contributed by atoms with van der Waals surface area (Å²) >= 11 is 3.38. The number of hydrogen-bond donors (Lipinski definition) is 2. The first-order valence-corrected chi connectivity index (χ1v) is 6.41. The van der Waals surface area contributed by atoms with Gasteiger partial charge in [-0.25, -0.2) is 0 Å². The molecule has 0 saturated carbocycles. The highest BCUT2D eigenvalue weighted by Gasteiger charge is 2.10. The molecule has 0 spiro atoms. The second kappa shape index (κ2) is 5.35. The summed E-state index contributed by atoms with van der Waals surface area (Å²) in [6.45, 7) is 3.85. The number of amides is 1. The Balaban J connectivity index is 2.03. The Labute approximate surface area is 114 Å². The van der Waals surface area contributed by atoms with Crippen molar-refractivity contribution in [3.05, 3.63) is 45.6 Å². The molecule has 0 aliphatic heterocycles. The maximum atomic E-state index is 11.9. The first-order valence-electron chi connectivity index (χ1n) is 5.62. The minimum Gasteiger partial charge on any atom is -0.309 e. The van der Waals surface area contributed by atoms with Crippen molar-refractivity contribution >= 4 is 27.7 Å². The molecule has 1 aromatic heterocycles. The molecule has 0 bridgehead atoms. The van der Waals surface area contributed by atoms with Crippen LogP contribution in [-0.4, -0.2) is 16.1 Å². The summed E-state index contributed by atoms with van der Waals surface area (Å²) in [6, 6.07) is 7.70. The number of hydrogen-bond acceptors (Lipinski definition) is 2. The number of rotatable bonds is 3. The Hall–Kier alpha value is -1.62. The number of aryl methyl sites for hydroxylation is 1. The zero-order valence-electron chi connectivity index (χ0n) is 10.2. The van der Waals surface area contributed by atoms with E-state index in [0.717, 1.165) is 21.3 Å². The third-order valence-electron chi connectivity index (χ3n) is 2.76. The Morgan fingerprint density at radius 3 is 2.83 bits per heavy atom. The predicted molar refractivity (Wildman–Crippen MR) is 74.5 cm³/mol. The van der Waals surface area contributed by atoms with Crippen molar-refractivity contribution in [2.75, 3.05) is 5.32 Å². The Morgan fingerprint density at radius 2 is 2.22 bits per heavy atom. The van der Waals surface area contributed by atoms with Crippen LogP contribution < -0.4 is 5.32 Å². The van der Waals surface area contributed by atoms with Crippen LogP contribution in [0.4, 0.5) is 5.82 Å². The van der Waals surface area contributed by atoms with Gasteiger partial charge in [0.25, 0.3) is 0 Å². The van der Waals surface area contributed by atoms with E-state index in [0.29, 0.717) is 12.2 Å².